The lowest BCUT2D eigenvalue weighted by Gasteiger charge is -2.09. The first-order valence-electron chi connectivity index (χ1n) is 10.4. The van der Waals surface area contributed by atoms with Gasteiger partial charge in [-0.1, -0.05) is 43.7 Å². The van der Waals surface area contributed by atoms with Gasteiger partial charge in [0.05, 0.1) is 17.5 Å². The van der Waals surface area contributed by atoms with Gasteiger partial charge in [-0.3, -0.25) is 0 Å². The SMILES string of the molecule is CCCCc1nc2c[n+]([O-])c3ccc(OCCCc4ccccc4)cc3c2n1C. The van der Waals surface area contributed by atoms with Crippen molar-refractivity contribution in [1.82, 2.24) is 9.55 Å². The van der Waals surface area contributed by atoms with E-state index in [0.717, 1.165) is 64.8 Å². The Morgan fingerprint density at radius 3 is 2.69 bits per heavy atom. The summed E-state index contributed by atoms with van der Waals surface area (Å²) in [5, 5.41) is 13.4. The molecule has 4 rings (SSSR count). The van der Waals surface area contributed by atoms with E-state index in [2.05, 4.69) is 35.8 Å². The molecule has 0 N–H and O–H groups in total. The van der Waals surface area contributed by atoms with Crippen LogP contribution < -0.4 is 9.47 Å². The third-order valence-electron chi connectivity index (χ3n) is 5.39. The molecule has 0 aliphatic rings. The van der Waals surface area contributed by atoms with Crippen molar-refractivity contribution >= 4 is 21.9 Å². The molecule has 0 fully saturated rings. The van der Waals surface area contributed by atoms with E-state index in [1.54, 1.807) is 6.20 Å². The van der Waals surface area contributed by atoms with Gasteiger partial charge in [0.25, 0.3) is 0 Å². The van der Waals surface area contributed by atoms with E-state index < -0.39 is 0 Å². The largest absolute Gasteiger partial charge is 0.618 e. The molecule has 0 spiro atoms. The van der Waals surface area contributed by atoms with Crippen LogP contribution in [-0.4, -0.2) is 16.2 Å². The van der Waals surface area contributed by atoms with Crippen molar-refractivity contribution in [3.63, 3.8) is 0 Å². The van der Waals surface area contributed by atoms with E-state index in [-0.39, 0.29) is 0 Å². The van der Waals surface area contributed by atoms with E-state index in [4.69, 9.17) is 9.72 Å². The molecule has 5 nitrogen and oxygen atoms in total. The van der Waals surface area contributed by atoms with E-state index in [0.29, 0.717) is 12.1 Å². The predicted molar refractivity (Wildman–Crippen MR) is 116 cm³/mol. The second-order valence-corrected chi connectivity index (χ2v) is 7.50. The zero-order valence-corrected chi connectivity index (χ0v) is 17.1. The molecular weight excluding hydrogens is 362 g/mol. The third kappa shape index (κ3) is 4.04. The average Bonchev–Trinajstić information content (AvgIpc) is 3.05. The molecule has 2 heterocycles. The van der Waals surface area contributed by atoms with Gasteiger partial charge in [0, 0.05) is 19.5 Å². The Bertz CT molecular complexity index is 1120. The summed E-state index contributed by atoms with van der Waals surface area (Å²) in [5.74, 6) is 1.80. The average molecular weight is 389 g/mol. The first-order valence-corrected chi connectivity index (χ1v) is 10.4. The highest BCUT2D eigenvalue weighted by atomic mass is 16.5. The Balaban J connectivity index is 1.58. The van der Waals surface area contributed by atoms with Crippen LogP contribution >= 0.6 is 0 Å². The first kappa shape index (κ1) is 19.2. The first-order chi connectivity index (χ1) is 14.2. The van der Waals surface area contributed by atoms with Gasteiger partial charge in [-0.2, -0.15) is 4.73 Å². The summed E-state index contributed by atoms with van der Waals surface area (Å²) in [7, 11) is 2.03. The van der Waals surface area contributed by atoms with Crippen LogP contribution in [-0.2, 0) is 19.9 Å². The molecule has 29 heavy (non-hydrogen) atoms. The maximum atomic E-state index is 12.5. The van der Waals surface area contributed by atoms with Crippen molar-refractivity contribution in [3.05, 3.63) is 71.3 Å². The predicted octanol–water partition coefficient (Wildman–Crippen LogP) is 4.71. The normalized spacial score (nSPS) is 11.4. The van der Waals surface area contributed by atoms with Crippen molar-refractivity contribution in [2.45, 2.75) is 39.0 Å². The topological polar surface area (TPSA) is 54.0 Å². The number of aryl methyl sites for hydroxylation is 3. The Hall–Kier alpha value is -3.08. The summed E-state index contributed by atoms with van der Waals surface area (Å²) < 4.78 is 9.02. The molecule has 0 saturated carbocycles. The van der Waals surface area contributed by atoms with Crippen molar-refractivity contribution < 1.29 is 9.47 Å². The minimum atomic E-state index is 0.638. The number of benzene rings is 2. The van der Waals surface area contributed by atoms with Gasteiger partial charge < -0.3 is 14.5 Å². The molecule has 0 saturated heterocycles. The smallest absolute Gasteiger partial charge is 0.226 e. The second-order valence-electron chi connectivity index (χ2n) is 7.50. The number of ether oxygens (including phenoxy) is 1. The maximum absolute atomic E-state index is 12.5. The molecular formula is C24H27N3O2. The van der Waals surface area contributed by atoms with E-state index >= 15 is 0 Å². The van der Waals surface area contributed by atoms with Crippen LogP contribution in [0.15, 0.2) is 54.7 Å². The molecule has 0 radical (unpaired) electrons. The summed E-state index contributed by atoms with van der Waals surface area (Å²) >= 11 is 0. The van der Waals surface area contributed by atoms with Crippen molar-refractivity contribution in [2.75, 3.05) is 6.61 Å². The molecule has 0 unspecified atom stereocenters. The van der Waals surface area contributed by atoms with E-state index in [1.807, 2.05) is 31.3 Å². The quantitative estimate of drug-likeness (QED) is 0.249. The van der Waals surface area contributed by atoms with Gasteiger partial charge in [0.2, 0.25) is 11.7 Å². The number of rotatable bonds is 8. The van der Waals surface area contributed by atoms with Crippen LogP contribution in [0.1, 0.15) is 37.6 Å². The van der Waals surface area contributed by atoms with E-state index in [9.17, 15) is 5.21 Å². The second kappa shape index (κ2) is 8.52. The molecule has 0 aliphatic heterocycles. The molecule has 0 bridgehead atoms. The standard InChI is InChI=1S/C24H27N3O2/c1-3-4-12-23-25-21-17-27(28)22-14-13-19(16-20(22)24(21)26(23)2)29-15-8-11-18-9-6-5-7-10-18/h5-7,9-10,13-14,16-17H,3-4,8,11-12,15H2,1-2H3. The fraction of sp³-hybridized carbons (Fsp3) is 0.333. The van der Waals surface area contributed by atoms with Crippen LogP contribution in [0.5, 0.6) is 5.75 Å². The summed E-state index contributed by atoms with van der Waals surface area (Å²) in [6.07, 6.45) is 6.63. The number of unbranched alkanes of at least 4 members (excludes halogenated alkanes) is 1. The Labute approximate surface area is 171 Å². The summed E-state index contributed by atoms with van der Waals surface area (Å²) in [6, 6.07) is 16.1. The number of hydrogen-bond acceptors (Lipinski definition) is 3. The zero-order valence-electron chi connectivity index (χ0n) is 17.1. The van der Waals surface area contributed by atoms with Gasteiger partial charge in [-0.15, -0.1) is 0 Å². The van der Waals surface area contributed by atoms with Crippen LogP contribution in [0.2, 0.25) is 0 Å². The molecule has 0 aliphatic carbocycles. The number of fused-ring (bicyclic) bond motifs is 3. The zero-order chi connectivity index (χ0) is 20.2. The lowest BCUT2D eigenvalue weighted by molar-refractivity contribution is -0.575. The molecule has 0 atom stereocenters. The highest BCUT2D eigenvalue weighted by Crippen LogP contribution is 2.27. The van der Waals surface area contributed by atoms with Crippen LogP contribution in [0.3, 0.4) is 0 Å². The van der Waals surface area contributed by atoms with Crippen LogP contribution in [0, 0.1) is 5.21 Å². The highest BCUT2D eigenvalue weighted by molar-refractivity contribution is 6.01. The Kier molecular flexibility index (Phi) is 5.65. The number of hydrogen-bond donors (Lipinski definition) is 0. The van der Waals surface area contributed by atoms with E-state index in [1.165, 1.54) is 5.56 Å². The third-order valence-corrected chi connectivity index (χ3v) is 5.39. The van der Waals surface area contributed by atoms with Crippen LogP contribution in [0.4, 0.5) is 0 Å². The van der Waals surface area contributed by atoms with Crippen molar-refractivity contribution in [2.24, 2.45) is 7.05 Å². The van der Waals surface area contributed by atoms with Crippen LogP contribution in [0.25, 0.3) is 21.9 Å². The van der Waals surface area contributed by atoms with Gasteiger partial charge in [-0.25, -0.2) is 4.98 Å². The lowest BCUT2D eigenvalue weighted by atomic mass is 10.1. The molecule has 150 valence electrons. The summed E-state index contributed by atoms with van der Waals surface area (Å²) in [4.78, 5) is 4.70. The monoisotopic (exact) mass is 389 g/mol. The maximum Gasteiger partial charge on any atom is 0.226 e. The fourth-order valence-corrected chi connectivity index (χ4v) is 3.81. The molecule has 0 amide bonds. The molecule has 2 aromatic heterocycles. The molecule has 5 heteroatoms. The van der Waals surface area contributed by atoms with Crippen molar-refractivity contribution in [1.29, 1.82) is 0 Å². The summed E-state index contributed by atoms with van der Waals surface area (Å²) in [5.41, 5.74) is 3.69. The summed E-state index contributed by atoms with van der Waals surface area (Å²) in [6.45, 7) is 2.81. The van der Waals surface area contributed by atoms with Gasteiger partial charge in [-0.05, 0) is 37.0 Å². The minimum absolute atomic E-state index is 0.638. The van der Waals surface area contributed by atoms with Crippen molar-refractivity contribution in [3.8, 4) is 5.75 Å². The van der Waals surface area contributed by atoms with Gasteiger partial charge in [0.1, 0.15) is 11.6 Å². The molecule has 4 aromatic rings. The Morgan fingerprint density at radius 1 is 1.07 bits per heavy atom. The molecule has 2 aromatic carbocycles. The number of aromatic nitrogens is 3. The fourth-order valence-electron chi connectivity index (χ4n) is 3.81. The number of imidazole rings is 1. The number of nitrogens with zero attached hydrogens (tertiary/aromatic N) is 3. The van der Waals surface area contributed by atoms with Gasteiger partial charge >= 0.3 is 0 Å². The Morgan fingerprint density at radius 2 is 1.90 bits per heavy atom. The number of pyridine rings is 1. The minimum Gasteiger partial charge on any atom is -0.618 e. The lowest BCUT2D eigenvalue weighted by Crippen LogP contribution is -2.26. The van der Waals surface area contributed by atoms with Gasteiger partial charge in [0.15, 0.2) is 5.52 Å². The highest BCUT2D eigenvalue weighted by Gasteiger charge is 2.17.